The van der Waals surface area contributed by atoms with E-state index in [1.807, 2.05) is 43.3 Å². The molecular formula is C26H30N4O3. The van der Waals surface area contributed by atoms with E-state index in [1.165, 1.54) is 6.33 Å². The molecule has 1 fully saturated rings. The summed E-state index contributed by atoms with van der Waals surface area (Å²) < 4.78 is 17.9. The number of H-pyrrole nitrogens is 1. The molecule has 1 aliphatic heterocycles. The van der Waals surface area contributed by atoms with E-state index in [-0.39, 0.29) is 6.10 Å². The predicted molar refractivity (Wildman–Crippen MR) is 129 cm³/mol. The second-order valence-corrected chi connectivity index (χ2v) is 8.69. The summed E-state index contributed by atoms with van der Waals surface area (Å²) in [5.41, 5.74) is 3.01. The third kappa shape index (κ3) is 4.94. The first-order chi connectivity index (χ1) is 16.2. The fraction of sp³-hybridized carbons (Fsp3) is 0.385. The summed E-state index contributed by atoms with van der Waals surface area (Å²) in [5.74, 6) is 2.61. The zero-order valence-electron chi connectivity index (χ0n) is 19.1. The minimum atomic E-state index is 0.124. The molecule has 0 amide bonds. The number of aryl methyl sites for hydroxylation is 1. The van der Waals surface area contributed by atoms with Crippen LogP contribution in [0.4, 0.5) is 0 Å². The van der Waals surface area contributed by atoms with Gasteiger partial charge in [0.1, 0.15) is 23.9 Å². The number of nitrogens with one attached hydrogen (secondary N) is 2. The summed E-state index contributed by atoms with van der Waals surface area (Å²) in [6.45, 7) is 4.81. The molecule has 1 aliphatic rings. The number of hydrogen-bond donors (Lipinski definition) is 2. The van der Waals surface area contributed by atoms with Gasteiger partial charge in [-0.05, 0) is 75.2 Å². The Labute approximate surface area is 193 Å². The molecule has 4 aromatic rings. The number of benzene rings is 2. The Morgan fingerprint density at radius 2 is 1.88 bits per heavy atom. The SMILES string of the molecule is COCCC(Oc1ccc2c(Oc3ccc4[nH]c(C)cc4c3)ncnc2c1)C1CCNCC1. The standard InChI is InChI=1S/C26H30N4O3/c1-17-13-19-14-20(4-6-23(19)30-17)33-26-22-5-3-21(15-24(22)28-16-29-26)32-25(9-12-31-2)18-7-10-27-11-8-18/h3-6,13-16,18,25,27,30H,7-12H2,1-2H3. The van der Waals surface area contributed by atoms with Crippen molar-refractivity contribution < 1.29 is 14.2 Å². The van der Waals surface area contributed by atoms with Gasteiger partial charge in [0.25, 0.3) is 0 Å². The summed E-state index contributed by atoms with van der Waals surface area (Å²) in [6, 6.07) is 14.0. The summed E-state index contributed by atoms with van der Waals surface area (Å²) in [5, 5.41) is 5.39. The summed E-state index contributed by atoms with van der Waals surface area (Å²) in [7, 11) is 1.74. The highest BCUT2D eigenvalue weighted by atomic mass is 16.5. The Morgan fingerprint density at radius 1 is 1.03 bits per heavy atom. The summed E-state index contributed by atoms with van der Waals surface area (Å²) in [6.07, 6.45) is 4.77. The van der Waals surface area contributed by atoms with Crippen LogP contribution < -0.4 is 14.8 Å². The van der Waals surface area contributed by atoms with E-state index in [4.69, 9.17) is 14.2 Å². The Bertz CT molecular complexity index is 1230. The van der Waals surface area contributed by atoms with E-state index >= 15 is 0 Å². The molecule has 2 aromatic heterocycles. The van der Waals surface area contributed by atoms with Crippen molar-refractivity contribution >= 4 is 21.8 Å². The molecule has 0 bridgehead atoms. The van der Waals surface area contributed by atoms with Crippen LogP contribution in [-0.4, -0.2) is 47.9 Å². The monoisotopic (exact) mass is 446 g/mol. The number of aromatic nitrogens is 3. The smallest absolute Gasteiger partial charge is 0.230 e. The first kappa shape index (κ1) is 21.7. The Balaban J connectivity index is 1.37. The lowest BCUT2D eigenvalue weighted by Crippen LogP contribution is -2.37. The molecule has 172 valence electrons. The molecule has 33 heavy (non-hydrogen) atoms. The Kier molecular flexibility index (Phi) is 6.41. The molecule has 7 nitrogen and oxygen atoms in total. The summed E-state index contributed by atoms with van der Waals surface area (Å²) >= 11 is 0. The fourth-order valence-electron chi connectivity index (χ4n) is 4.61. The summed E-state index contributed by atoms with van der Waals surface area (Å²) in [4.78, 5) is 12.2. The molecule has 1 atom stereocenters. The molecule has 0 radical (unpaired) electrons. The number of methoxy groups -OCH3 is 1. The van der Waals surface area contributed by atoms with Gasteiger partial charge < -0.3 is 24.5 Å². The maximum atomic E-state index is 6.46. The number of rotatable bonds is 8. The van der Waals surface area contributed by atoms with Gasteiger partial charge in [0.05, 0.1) is 10.9 Å². The molecule has 7 heteroatoms. The lowest BCUT2D eigenvalue weighted by atomic mass is 9.90. The van der Waals surface area contributed by atoms with Crippen LogP contribution in [-0.2, 0) is 4.74 Å². The maximum absolute atomic E-state index is 6.46. The molecular weight excluding hydrogens is 416 g/mol. The number of aromatic amines is 1. The molecule has 0 spiro atoms. The van der Waals surface area contributed by atoms with Crippen molar-refractivity contribution in [2.45, 2.75) is 32.3 Å². The van der Waals surface area contributed by atoms with Crippen molar-refractivity contribution in [3.63, 3.8) is 0 Å². The number of piperidine rings is 1. The van der Waals surface area contributed by atoms with E-state index in [9.17, 15) is 0 Å². The van der Waals surface area contributed by atoms with Gasteiger partial charge in [-0.3, -0.25) is 0 Å². The zero-order chi connectivity index (χ0) is 22.6. The average Bonchev–Trinajstić information content (AvgIpc) is 3.21. The molecule has 1 saturated heterocycles. The van der Waals surface area contributed by atoms with E-state index in [2.05, 4.69) is 26.3 Å². The van der Waals surface area contributed by atoms with E-state index < -0.39 is 0 Å². The second-order valence-electron chi connectivity index (χ2n) is 8.69. The topological polar surface area (TPSA) is 81.3 Å². The van der Waals surface area contributed by atoms with Crippen LogP contribution in [0.5, 0.6) is 17.4 Å². The van der Waals surface area contributed by atoms with Gasteiger partial charge in [-0.15, -0.1) is 0 Å². The van der Waals surface area contributed by atoms with Crippen molar-refractivity contribution in [3.05, 3.63) is 54.5 Å². The highest BCUT2D eigenvalue weighted by Gasteiger charge is 2.25. The van der Waals surface area contributed by atoms with Gasteiger partial charge in [-0.1, -0.05) is 0 Å². The number of nitrogens with zero attached hydrogens (tertiary/aromatic N) is 2. The fourth-order valence-corrected chi connectivity index (χ4v) is 4.61. The second kappa shape index (κ2) is 9.77. The van der Waals surface area contributed by atoms with Crippen molar-refractivity contribution in [3.8, 4) is 17.4 Å². The highest BCUT2D eigenvalue weighted by Crippen LogP contribution is 2.32. The molecule has 0 aliphatic carbocycles. The van der Waals surface area contributed by atoms with Crippen LogP contribution in [0.2, 0.25) is 0 Å². The van der Waals surface area contributed by atoms with E-state index in [1.54, 1.807) is 7.11 Å². The van der Waals surface area contributed by atoms with Crippen LogP contribution in [0.3, 0.4) is 0 Å². The van der Waals surface area contributed by atoms with Gasteiger partial charge >= 0.3 is 0 Å². The third-order valence-electron chi connectivity index (χ3n) is 6.32. The molecule has 2 N–H and O–H groups in total. The van der Waals surface area contributed by atoms with Gasteiger partial charge in [0.15, 0.2) is 0 Å². The zero-order valence-corrected chi connectivity index (χ0v) is 19.1. The maximum Gasteiger partial charge on any atom is 0.230 e. The van der Waals surface area contributed by atoms with E-state index in [0.717, 1.165) is 71.4 Å². The lowest BCUT2D eigenvalue weighted by molar-refractivity contribution is 0.0722. The molecule has 1 unspecified atom stereocenters. The van der Waals surface area contributed by atoms with Crippen LogP contribution in [0.15, 0.2) is 48.8 Å². The Hall–Kier alpha value is -3.16. The number of fused-ring (bicyclic) bond motifs is 2. The van der Waals surface area contributed by atoms with Gasteiger partial charge in [-0.2, -0.15) is 0 Å². The normalized spacial score (nSPS) is 15.7. The van der Waals surface area contributed by atoms with Crippen LogP contribution >= 0.6 is 0 Å². The largest absolute Gasteiger partial charge is 0.490 e. The highest BCUT2D eigenvalue weighted by molar-refractivity contribution is 5.85. The minimum Gasteiger partial charge on any atom is -0.490 e. The molecule has 5 rings (SSSR count). The lowest BCUT2D eigenvalue weighted by Gasteiger charge is -2.31. The number of hydrogen-bond acceptors (Lipinski definition) is 6. The number of ether oxygens (including phenoxy) is 3. The average molecular weight is 447 g/mol. The first-order valence-corrected chi connectivity index (χ1v) is 11.6. The van der Waals surface area contributed by atoms with Crippen LogP contribution in [0.1, 0.15) is 25.0 Å². The van der Waals surface area contributed by atoms with Crippen LogP contribution in [0.25, 0.3) is 21.8 Å². The minimum absolute atomic E-state index is 0.124. The van der Waals surface area contributed by atoms with Crippen molar-refractivity contribution in [2.24, 2.45) is 5.92 Å². The molecule has 0 saturated carbocycles. The van der Waals surface area contributed by atoms with Crippen molar-refractivity contribution in [1.82, 2.24) is 20.3 Å². The molecule has 2 aromatic carbocycles. The van der Waals surface area contributed by atoms with Gasteiger partial charge in [0, 0.05) is 42.8 Å². The quantitative estimate of drug-likeness (QED) is 0.397. The van der Waals surface area contributed by atoms with E-state index in [0.29, 0.717) is 18.4 Å². The van der Waals surface area contributed by atoms with Crippen molar-refractivity contribution in [2.75, 3.05) is 26.8 Å². The third-order valence-corrected chi connectivity index (χ3v) is 6.32. The van der Waals surface area contributed by atoms with Crippen LogP contribution in [0, 0.1) is 12.8 Å². The van der Waals surface area contributed by atoms with Crippen molar-refractivity contribution in [1.29, 1.82) is 0 Å². The predicted octanol–water partition coefficient (Wildman–Crippen LogP) is 5.00. The first-order valence-electron chi connectivity index (χ1n) is 11.6. The van der Waals surface area contributed by atoms with Gasteiger partial charge in [0.2, 0.25) is 5.88 Å². The van der Waals surface area contributed by atoms with Gasteiger partial charge in [-0.25, -0.2) is 9.97 Å². The molecule has 3 heterocycles. The Morgan fingerprint density at radius 3 is 2.73 bits per heavy atom.